The number of ether oxygens (including phenoxy) is 2. The largest absolute Gasteiger partial charge is 0.481 e. The number of nitrogens with one attached hydrogen (secondary N) is 1. The third kappa shape index (κ3) is 2.49. The van der Waals surface area contributed by atoms with Crippen molar-refractivity contribution in [2.45, 2.75) is 38.8 Å². The number of hydrogen-bond donors (Lipinski definition) is 1. The summed E-state index contributed by atoms with van der Waals surface area (Å²) in [5, 5.41) is 3.36. The minimum absolute atomic E-state index is 0.112. The summed E-state index contributed by atoms with van der Waals surface area (Å²) in [7, 11) is 1.61. The van der Waals surface area contributed by atoms with Crippen molar-refractivity contribution in [2.24, 2.45) is 0 Å². The first-order chi connectivity index (χ1) is 8.03. The zero-order valence-electron chi connectivity index (χ0n) is 10.8. The highest BCUT2D eigenvalue weighted by Gasteiger charge is 2.37. The maximum Gasteiger partial charge on any atom is 0.226 e. The fraction of sp³-hybridized carbons (Fsp3) is 0.667. The zero-order chi connectivity index (χ0) is 12.5. The van der Waals surface area contributed by atoms with E-state index in [4.69, 9.17) is 9.47 Å². The van der Waals surface area contributed by atoms with Gasteiger partial charge in [0, 0.05) is 18.4 Å². The van der Waals surface area contributed by atoms with Crippen LogP contribution in [0.1, 0.15) is 26.0 Å². The second kappa shape index (κ2) is 4.49. The van der Waals surface area contributed by atoms with Crippen molar-refractivity contribution >= 4 is 5.95 Å². The number of nitrogens with zero attached hydrogens (tertiary/aromatic N) is 2. The Hall–Kier alpha value is -1.36. The molecule has 5 nitrogen and oxygen atoms in total. The summed E-state index contributed by atoms with van der Waals surface area (Å²) in [5.74, 6) is 1.18. The van der Waals surface area contributed by atoms with Crippen LogP contribution in [-0.4, -0.2) is 35.3 Å². The van der Waals surface area contributed by atoms with E-state index in [1.807, 2.05) is 13.0 Å². The molecule has 0 aliphatic carbocycles. The molecule has 2 unspecified atom stereocenters. The lowest BCUT2D eigenvalue weighted by Gasteiger charge is -2.28. The number of rotatable bonds is 3. The highest BCUT2D eigenvalue weighted by molar-refractivity contribution is 5.34. The van der Waals surface area contributed by atoms with E-state index in [9.17, 15) is 0 Å². The lowest BCUT2D eigenvalue weighted by atomic mass is 9.95. The maximum absolute atomic E-state index is 5.58. The van der Waals surface area contributed by atoms with Gasteiger partial charge in [0.25, 0.3) is 0 Å². The van der Waals surface area contributed by atoms with E-state index in [2.05, 4.69) is 29.1 Å². The standard InChI is InChI=1S/C12H19N3O2/c1-8-7-10(16-4)14-11(13-8)15-12(3)5-6-17-9(12)2/h7,9H,5-6H2,1-4H3,(H,13,14,15). The molecule has 94 valence electrons. The molecular formula is C12H19N3O2. The van der Waals surface area contributed by atoms with Gasteiger partial charge in [-0.25, -0.2) is 4.98 Å². The van der Waals surface area contributed by atoms with Crippen LogP contribution in [0.2, 0.25) is 0 Å². The van der Waals surface area contributed by atoms with Crippen molar-refractivity contribution in [2.75, 3.05) is 19.0 Å². The Balaban J connectivity index is 2.20. The van der Waals surface area contributed by atoms with Gasteiger partial charge < -0.3 is 14.8 Å². The van der Waals surface area contributed by atoms with E-state index >= 15 is 0 Å². The molecule has 1 aromatic rings. The minimum Gasteiger partial charge on any atom is -0.481 e. The third-order valence-electron chi connectivity index (χ3n) is 3.32. The van der Waals surface area contributed by atoms with Crippen molar-refractivity contribution in [1.82, 2.24) is 9.97 Å². The Labute approximate surface area is 102 Å². The van der Waals surface area contributed by atoms with E-state index in [0.717, 1.165) is 18.7 Å². The molecule has 1 fully saturated rings. The summed E-state index contributed by atoms with van der Waals surface area (Å²) in [5.41, 5.74) is 0.772. The number of aromatic nitrogens is 2. The molecule has 2 rings (SSSR count). The van der Waals surface area contributed by atoms with Crippen molar-refractivity contribution in [3.8, 4) is 5.88 Å². The molecule has 0 saturated carbocycles. The Morgan fingerprint density at radius 2 is 2.29 bits per heavy atom. The van der Waals surface area contributed by atoms with Crippen LogP contribution in [0.3, 0.4) is 0 Å². The Morgan fingerprint density at radius 1 is 1.53 bits per heavy atom. The van der Waals surface area contributed by atoms with E-state index in [1.165, 1.54) is 0 Å². The normalized spacial score (nSPS) is 28.1. The van der Waals surface area contributed by atoms with E-state index in [-0.39, 0.29) is 11.6 Å². The van der Waals surface area contributed by atoms with Gasteiger partial charge in [-0.15, -0.1) is 0 Å². The fourth-order valence-electron chi connectivity index (χ4n) is 1.95. The van der Waals surface area contributed by atoms with Crippen molar-refractivity contribution in [3.05, 3.63) is 11.8 Å². The molecular weight excluding hydrogens is 218 g/mol. The van der Waals surface area contributed by atoms with Gasteiger partial charge >= 0.3 is 0 Å². The summed E-state index contributed by atoms with van der Waals surface area (Å²) >= 11 is 0. The van der Waals surface area contributed by atoms with Crippen LogP contribution >= 0.6 is 0 Å². The van der Waals surface area contributed by atoms with Gasteiger partial charge in [0.2, 0.25) is 11.8 Å². The summed E-state index contributed by atoms with van der Waals surface area (Å²) in [6.07, 6.45) is 1.10. The Morgan fingerprint density at radius 3 is 2.88 bits per heavy atom. The Kier molecular flexibility index (Phi) is 3.19. The predicted molar refractivity (Wildman–Crippen MR) is 65.4 cm³/mol. The van der Waals surface area contributed by atoms with Crippen LogP contribution in [0.4, 0.5) is 5.95 Å². The second-order valence-electron chi connectivity index (χ2n) is 4.68. The SMILES string of the molecule is COc1cc(C)nc(NC2(C)CCOC2C)n1. The third-order valence-corrected chi connectivity index (χ3v) is 3.32. The van der Waals surface area contributed by atoms with Crippen LogP contribution in [0.15, 0.2) is 6.07 Å². The molecule has 2 atom stereocenters. The van der Waals surface area contributed by atoms with Gasteiger partial charge in [-0.3, -0.25) is 0 Å². The second-order valence-corrected chi connectivity index (χ2v) is 4.68. The molecule has 1 aliphatic heterocycles. The van der Waals surface area contributed by atoms with Gasteiger partial charge in [0.05, 0.1) is 18.8 Å². The van der Waals surface area contributed by atoms with Crippen LogP contribution in [-0.2, 0) is 4.74 Å². The predicted octanol–water partition coefficient (Wildman–Crippen LogP) is 1.77. The molecule has 0 spiro atoms. The first-order valence-electron chi connectivity index (χ1n) is 5.83. The molecule has 1 aromatic heterocycles. The molecule has 1 aliphatic rings. The van der Waals surface area contributed by atoms with Gasteiger partial charge in [-0.2, -0.15) is 4.98 Å². The lowest BCUT2D eigenvalue weighted by molar-refractivity contribution is 0.105. The number of aryl methyl sites for hydroxylation is 1. The van der Waals surface area contributed by atoms with E-state index in [1.54, 1.807) is 7.11 Å². The van der Waals surface area contributed by atoms with Crippen LogP contribution in [0.5, 0.6) is 5.88 Å². The molecule has 0 bridgehead atoms. The molecule has 1 saturated heterocycles. The van der Waals surface area contributed by atoms with E-state index < -0.39 is 0 Å². The van der Waals surface area contributed by atoms with Crippen molar-refractivity contribution in [1.29, 1.82) is 0 Å². The summed E-state index contributed by atoms with van der Waals surface area (Å²) in [6.45, 7) is 6.88. The molecule has 17 heavy (non-hydrogen) atoms. The topological polar surface area (TPSA) is 56.3 Å². The summed E-state index contributed by atoms with van der Waals surface area (Å²) in [4.78, 5) is 8.66. The number of methoxy groups -OCH3 is 1. The van der Waals surface area contributed by atoms with Gasteiger partial charge in [0.15, 0.2) is 0 Å². The highest BCUT2D eigenvalue weighted by Crippen LogP contribution is 2.28. The van der Waals surface area contributed by atoms with Gasteiger partial charge in [-0.05, 0) is 27.2 Å². The smallest absolute Gasteiger partial charge is 0.226 e. The van der Waals surface area contributed by atoms with Crippen LogP contribution in [0, 0.1) is 6.92 Å². The summed E-state index contributed by atoms with van der Waals surface area (Å²) in [6, 6.07) is 1.81. The fourth-order valence-corrected chi connectivity index (χ4v) is 1.95. The van der Waals surface area contributed by atoms with Crippen LogP contribution in [0.25, 0.3) is 0 Å². The number of anilines is 1. The lowest BCUT2D eigenvalue weighted by Crippen LogP contribution is -2.41. The molecule has 0 amide bonds. The quantitative estimate of drug-likeness (QED) is 0.868. The van der Waals surface area contributed by atoms with Crippen LogP contribution < -0.4 is 10.1 Å². The Bertz CT molecular complexity index is 411. The molecule has 2 heterocycles. The summed E-state index contributed by atoms with van der Waals surface area (Å²) < 4.78 is 10.7. The molecule has 5 heteroatoms. The first-order valence-corrected chi connectivity index (χ1v) is 5.83. The first kappa shape index (κ1) is 12.1. The molecule has 0 radical (unpaired) electrons. The zero-order valence-corrected chi connectivity index (χ0v) is 10.8. The van der Waals surface area contributed by atoms with Crippen molar-refractivity contribution < 1.29 is 9.47 Å². The van der Waals surface area contributed by atoms with Gasteiger partial charge in [-0.1, -0.05) is 0 Å². The molecule has 0 aromatic carbocycles. The molecule has 1 N–H and O–H groups in total. The maximum atomic E-state index is 5.58. The minimum atomic E-state index is -0.112. The highest BCUT2D eigenvalue weighted by atomic mass is 16.5. The average Bonchev–Trinajstić information content (AvgIpc) is 2.58. The average molecular weight is 237 g/mol. The van der Waals surface area contributed by atoms with Gasteiger partial charge in [0.1, 0.15) is 0 Å². The number of hydrogen-bond acceptors (Lipinski definition) is 5. The van der Waals surface area contributed by atoms with Crippen molar-refractivity contribution in [3.63, 3.8) is 0 Å². The van der Waals surface area contributed by atoms with E-state index in [0.29, 0.717) is 11.8 Å². The monoisotopic (exact) mass is 237 g/mol.